The van der Waals surface area contributed by atoms with Gasteiger partial charge in [0.2, 0.25) is 6.29 Å². The highest BCUT2D eigenvalue weighted by atomic mass is 16.7. The van der Waals surface area contributed by atoms with Crippen LogP contribution in [-0.2, 0) is 11.2 Å². The summed E-state index contributed by atoms with van der Waals surface area (Å²) in [6.45, 7) is 4.11. The molecule has 2 rings (SSSR count). The van der Waals surface area contributed by atoms with Gasteiger partial charge in [0.15, 0.2) is 0 Å². The normalized spacial score (nSPS) is 17.2. The lowest BCUT2D eigenvalue weighted by atomic mass is 10.1. The molecule has 1 atom stereocenters. The van der Waals surface area contributed by atoms with Crippen molar-refractivity contribution in [2.75, 3.05) is 0 Å². The fourth-order valence-corrected chi connectivity index (χ4v) is 2.00. The number of hydrogen-bond acceptors (Lipinski definition) is 3. The third-order valence-electron chi connectivity index (χ3n) is 3.10. The molecule has 1 heterocycles. The molecule has 0 amide bonds. The van der Waals surface area contributed by atoms with Gasteiger partial charge in [-0.3, -0.25) is 4.79 Å². The Balaban J connectivity index is 2.18. The number of aldehydes is 1. The molecule has 1 unspecified atom stereocenters. The quantitative estimate of drug-likeness (QED) is 0.599. The van der Waals surface area contributed by atoms with Crippen LogP contribution in [0.1, 0.15) is 42.6 Å². The summed E-state index contributed by atoms with van der Waals surface area (Å²) >= 11 is 0. The molecule has 3 heteroatoms. The van der Waals surface area contributed by atoms with Crippen molar-refractivity contribution in [2.45, 2.75) is 39.4 Å². The van der Waals surface area contributed by atoms with Crippen LogP contribution in [0, 0.1) is 0 Å². The maximum absolute atomic E-state index is 10.9. The molecular formula is C17H20O3. The van der Waals surface area contributed by atoms with Gasteiger partial charge in [-0.25, -0.2) is 0 Å². The van der Waals surface area contributed by atoms with E-state index in [2.05, 4.69) is 19.9 Å². The zero-order chi connectivity index (χ0) is 14.4. The zero-order valence-corrected chi connectivity index (χ0v) is 12.0. The molecule has 0 saturated heterocycles. The lowest BCUT2D eigenvalue weighted by Gasteiger charge is -2.22. The highest BCUT2D eigenvalue weighted by Crippen LogP contribution is 2.24. The first kappa shape index (κ1) is 14.4. The highest BCUT2D eigenvalue weighted by Gasteiger charge is 2.14. The van der Waals surface area contributed by atoms with Gasteiger partial charge >= 0.3 is 0 Å². The van der Waals surface area contributed by atoms with E-state index in [0.717, 1.165) is 36.9 Å². The van der Waals surface area contributed by atoms with Crippen molar-refractivity contribution in [2.24, 2.45) is 0 Å². The van der Waals surface area contributed by atoms with Crippen LogP contribution in [0.2, 0.25) is 0 Å². The molecule has 0 bridgehead atoms. The molecular weight excluding hydrogens is 252 g/mol. The van der Waals surface area contributed by atoms with Gasteiger partial charge in [0.1, 0.15) is 12.0 Å². The standard InChI is InChI=1S/C17H20O3/c1-13(2)6-8-15-11-14(12-18)7-9-16(15)20-17-5-3-4-10-19-17/h4,6-7,9-12,17H,3,5,8H2,1-2H3. The third kappa shape index (κ3) is 3.98. The SMILES string of the molecule is CC(C)=CCc1cc(C=O)ccc1OC1CCC=CO1. The Kier molecular flexibility index (Phi) is 4.99. The summed E-state index contributed by atoms with van der Waals surface area (Å²) in [7, 11) is 0. The highest BCUT2D eigenvalue weighted by molar-refractivity contribution is 5.75. The van der Waals surface area contributed by atoms with Gasteiger partial charge in [0.05, 0.1) is 6.26 Å². The molecule has 0 aromatic heterocycles. The summed E-state index contributed by atoms with van der Waals surface area (Å²) in [5.41, 5.74) is 2.91. The van der Waals surface area contributed by atoms with Crippen LogP contribution in [0.4, 0.5) is 0 Å². The summed E-state index contributed by atoms with van der Waals surface area (Å²) in [5, 5.41) is 0. The lowest BCUT2D eigenvalue weighted by molar-refractivity contribution is -0.0419. The van der Waals surface area contributed by atoms with E-state index in [-0.39, 0.29) is 6.29 Å². The molecule has 3 nitrogen and oxygen atoms in total. The first-order valence-corrected chi connectivity index (χ1v) is 6.87. The van der Waals surface area contributed by atoms with Gasteiger partial charge in [-0.15, -0.1) is 0 Å². The molecule has 0 radical (unpaired) electrons. The van der Waals surface area contributed by atoms with E-state index in [1.54, 1.807) is 12.3 Å². The van der Waals surface area contributed by atoms with Crippen molar-refractivity contribution in [1.82, 2.24) is 0 Å². The van der Waals surface area contributed by atoms with Crippen LogP contribution < -0.4 is 4.74 Å². The summed E-state index contributed by atoms with van der Waals surface area (Å²) < 4.78 is 11.3. The van der Waals surface area contributed by atoms with Crippen molar-refractivity contribution in [1.29, 1.82) is 0 Å². The Hall–Kier alpha value is -2.03. The molecule has 106 valence electrons. The summed E-state index contributed by atoms with van der Waals surface area (Å²) in [5.74, 6) is 0.786. The summed E-state index contributed by atoms with van der Waals surface area (Å²) in [6.07, 6.45) is 8.96. The van der Waals surface area contributed by atoms with Gasteiger partial charge in [-0.2, -0.15) is 0 Å². The number of carbonyl (C=O) groups is 1. The average molecular weight is 272 g/mol. The molecule has 1 aromatic carbocycles. The van der Waals surface area contributed by atoms with Crippen LogP contribution in [0.25, 0.3) is 0 Å². The largest absolute Gasteiger partial charge is 0.463 e. The van der Waals surface area contributed by atoms with Crippen molar-refractivity contribution >= 4 is 6.29 Å². The van der Waals surface area contributed by atoms with E-state index in [1.807, 2.05) is 18.2 Å². The molecule has 1 aliphatic heterocycles. The summed E-state index contributed by atoms with van der Waals surface area (Å²) in [4.78, 5) is 10.9. The zero-order valence-electron chi connectivity index (χ0n) is 12.0. The Morgan fingerprint density at radius 3 is 2.95 bits per heavy atom. The number of hydrogen-bond donors (Lipinski definition) is 0. The first-order chi connectivity index (χ1) is 9.69. The second-order valence-electron chi connectivity index (χ2n) is 5.10. The van der Waals surface area contributed by atoms with E-state index in [9.17, 15) is 4.79 Å². The first-order valence-electron chi connectivity index (χ1n) is 6.87. The predicted octanol–water partition coefficient (Wildman–Crippen LogP) is 4.04. The van der Waals surface area contributed by atoms with Crippen LogP contribution in [0.3, 0.4) is 0 Å². The minimum Gasteiger partial charge on any atom is -0.463 e. The number of benzene rings is 1. The van der Waals surface area contributed by atoms with Crippen molar-refractivity contribution in [3.05, 3.63) is 53.3 Å². The van der Waals surface area contributed by atoms with Gasteiger partial charge in [-0.05, 0) is 56.5 Å². The molecule has 0 spiro atoms. The van der Waals surface area contributed by atoms with Crippen LogP contribution >= 0.6 is 0 Å². The lowest BCUT2D eigenvalue weighted by Crippen LogP contribution is -2.20. The molecule has 1 aliphatic rings. The second kappa shape index (κ2) is 6.94. The van der Waals surface area contributed by atoms with Gasteiger partial charge in [-0.1, -0.05) is 11.6 Å². The van der Waals surface area contributed by atoms with Crippen LogP contribution in [-0.4, -0.2) is 12.6 Å². The monoisotopic (exact) mass is 272 g/mol. The minimum absolute atomic E-state index is 0.243. The Labute approximate surface area is 119 Å². The topological polar surface area (TPSA) is 35.5 Å². The van der Waals surface area contributed by atoms with Crippen molar-refractivity contribution in [3.8, 4) is 5.75 Å². The van der Waals surface area contributed by atoms with Gasteiger partial charge in [0, 0.05) is 12.0 Å². The molecule has 0 saturated carbocycles. The van der Waals surface area contributed by atoms with Crippen molar-refractivity contribution < 1.29 is 14.3 Å². The maximum atomic E-state index is 10.9. The van der Waals surface area contributed by atoms with Crippen LogP contribution in [0.15, 0.2) is 42.2 Å². The Morgan fingerprint density at radius 2 is 2.30 bits per heavy atom. The predicted molar refractivity (Wildman–Crippen MR) is 78.8 cm³/mol. The minimum atomic E-state index is -0.243. The second-order valence-corrected chi connectivity index (χ2v) is 5.10. The molecule has 0 aliphatic carbocycles. The van der Waals surface area contributed by atoms with E-state index in [4.69, 9.17) is 9.47 Å². The van der Waals surface area contributed by atoms with Gasteiger partial charge < -0.3 is 9.47 Å². The molecule has 20 heavy (non-hydrogen) atoms. The van der Waals surface area contributed by atoms with E-state index >= 15 is 0 Å². The number of ether oxygens (including phenoxy) is 2. The third-order valence-corrected chi connectivity index (χ3v) is 3.10. The van der Waals surface area contributed by atoms with E-state index in [0.29, 0.717) is 5.56 Å². The molecule has 1 aromatic rings. The number of allylic oxidation sites excluding steroid dienone is 3. The smallest absolute Gasteiger partial charge is 0.240 e. The van der Waals surface area contributed by atoms with E-state index in [1.165, 1.54) is 5.57 Å². The van der Waals surface area contributed by atoms with Gasteiger partial charge in [0.25, 0.3) is 0 Å². The number of carbonyl (C=O) groups excluding carboxylic acids is 1. The average Bonchev–Trinajstić information content (AvgIpc) is 2.47. The Bertz CT molecular complexity index is 525. The fraction of sp³-hybridized carbons (Fsp3) is 0.353. The number of rotatable bonds is 5. The maximum Gasteiger partial charge on any atom is 0.240 e. The molecule has 0 fully saturated rings. The van der Waals surface area contributed by atoms with Crippen LogP contribution in [0.5, 0.6) is 5.75 Å². The molecule has 0 N–H and O–H groups in total. The van der Waals surface area contributed by atoms with E-state index < -0.39 is 0 Å². The fourth-order valence-electron chi connectivity index (χ4n) is 2.00. The Morgan fingerprint density at radius 1 is 1.45 bits per heavy atom. The van der Waals surface area contributed by atoms with Crippen molar-refractivity contribution in [3.63, 3.8) is 0 Å². The summed E-state index contributed by atoms with van der Waals surface area (Å²) in [6, 6.07) is 5.49.